The Morgan fingerprint density at radius 2 is 1.78 bits per heavy atom. The topological polar surface area (TPSA) is 0 Å². The van der Waals surface area contributed by atoms with Crippen molar-refractivity contribution in [1.82, 2.24) is 0 Å². The van der Waals surface area contributed by atoms with Crippen LogP contribution >= 0.6 is 0 Å². The predicted octanol–water partition coefficient (Wildman–Crippen LogP) is 2.44. The highest BCUT2D eigenvalue weighted by molar-refractivity contribution is 5.33. The van der Waals surface area contributed by atoms with Crippen molar-refractivity contribution in [3.63, 3.8) is 0 Å². The quantitative estimate of drug-likeness (QED) is 0.501. The number of rotatable bonds is 1. The van der Waals surface area contributed by atoms with E-state index in [1.807, 2.05) is 0 Å². The highest BCUT2D eigenvalue weighted by Gasteiger charge is 2.86. The zero-order valence-electron chi connectivity index (χ0n) is 6.28. The normalized spacial score (nSPS) is 69.3. The minimum Gasteiger partial charge on any atom is -0.0588 e. The van der Waals surface area contributed by atoms with Crippen LogP contribution in [0.5, 0.6) is 0 Å². The standard InChI is InChI=1S/C9H14/c1-8-5-7(8)9(8,2)6-3-4-6/h6-7H,3-5H2,1-2H3. The molecule has 0 heteroatoms. The Hall–Kier alpha value is 0. The molecule has 0 radical (unpaired) electrons. The minimum absolute atomic E-state index is 0.854. The van der Waals surface area contributed by atoms with E-state index in [2.05, 4.69) is 13.8 Å². The van der Waals surface area contributed by atoms with Gasteiger partial charge in [-0.1, -0.05) is 13.8 Å². The zero-order chi connectivity index (χ0) is 6.28. The van der Waals surface area contributed by atoms with Crippen molar-refractivity contribution < 1.29 is 0 Å². The van der Waals surface area contributed by atoms with Crippen molar-refractivity contribution in [2.24, 2.45) is 22.7 Å². The lowest BCUT2D eigenvalue weighted by atomic mass is 9.86. The summed E-state index contributed by atoms with van der Waals surface area (Å²) in [6.45, 7) is 4.99. The van der Waals surface area contributed by atoms with Gasteiger partial charge in [-0.15, -0.1) is 0 Å². The summed E-state index contributed by atoms with van der Waals surface area (Å²) < 4.78 is 0. The molecule has 3 aliphatic rings. The molecular formula is C9H14. The zero-order valence-corrected chi connectivity index (χ0v) is 6.28. The van der Waals surface area contributed by atoms with E-state index in [1.165, 1.54) is 0 Å². The van der Waals surface area contributed by atoms with Crippen LogP contribution in [0.15, 0.2) is 0 Å². The van der Waals surface area contributed by atoms with Gasteiger partial charge in [0.1, 0.15) is 0 Å². The Kier molecular flexibility index (Phi) is 0.470. The molecule has 3 fully saturated rings. The van der Waals surface area contributed by atoms with Crippen molar-refractivity contribution in [2.75, 3.05) is 0 Å². The molecule has 3 rings (SSSR count). The van der Waals surface area contributed by atoms with Gasteiger partial charge in [0.2, 0.25) is 0 Å². The van der Waals surface area contributed by atoms with Gasteiger partial charge in [0.15, 0.2) is 0 Å². The van der Waals surface area contributed by atoms with E-state index in [9.17, 15) is 0 Å². The van der Waals surface area contributed by atoms with Gasteiger partial charge < -0.3 is 0 Å². The number of fused-ring (bicyclic) bond motifs is 1. The molecule has 0 amide bonds. The van der Waals surface area contributed by atoms with Crippen LogP contribution < -0.4 is 0 Å². The third-order valence-electron chi connectivity index (χ3n) is 4.53. The van der Waals surface area contributed by atoms with E-state index in [0.717, 1.165) is 22.7 Å². The smallest absolute Gasteiger partial charge is 0.0207 e. The largest absolute Gasteiger partial charge is 0.0588 e. The van der Waals surface area contributed by atoms with E-state index >= 15 is 0 Å². The molecule has 9 heavy (non-hydrogen) atoms. The van der Waals surface area contributed by atoms with Gasteiger partial charge in [0.05, 0.1) is 0 Å². The summed E-state index contributed by atoms with van der Waals surface area (Å²) in [6, 6.07) is 0. The average molecular weight is 122 g/mol. The Balaban J connectivity index is 1.92. The van der Waals surface area contributed by atoms with Gasteiger partial charge in [-0.2, -0.15) is 0 Å². The molecule has 3 atom stereocenters. The molecular weight excluding hydrogens is 108 g/mol. The van der Waals surface area contributed by atoms with E-state index in [-0.39, 0.29) is 0 Å². The molecule has 0 heterocycles. The first-order valence-corrected chi connectivity index (χ1v) is 4.19. The summed E-state index contributed by atoms with van der Waals surface area (Å²) >= 11 is 0. The fraction of sp³-hybridized carbons (Fsp3) is 1.00. The summed E-state index contributed by atoms with van der Waals surface area (Å²) in [4.78, 5) is 0. The molecule has 0 N–H and O–H groups in total. The molecule has 0 bridgehead atoms. The summed E-state index contributed by atoms with van der Waals surface area (Å²) in [7, 11) is 0. The van der Waals surface area contributed by atoms with Gasteiger partial charge in [-0.05, 0) is 41.9 Å². The van der Waals surface area contributed by atoms with Gasteiger partial charge in [-0.3, -0.25) is 0 Å². The van der Waals surface area contributed by atoms with Crippen LogP contribution in [0.25, 0.3) is 0 Å². The Morgan fingerprint density at radius 3 is 1.89 bits per heavy atom. The molecule has 0 aromatic carbocycles. The molecule has 0 aromatic heterocycles. The maximum atomic E-state index is 2.51. The fourth-order valence-electron chi connectivity index (χ4n) is 3.12. The first kappa shape index (κ1) is 4.76. The van der Waals surface area contributed by atoms with E-state index in [4.69, 9.17) is 0 Å². The molecule has 0 nitrogen and oxygen atoms in total. The van der Waals surface area contributed by atoms with Crippen molar-refractivity contribution in [1.29, 1.82) is 0 Å². The van der Waals surface area contributed by atoms with Crippen molar-refractivity contribution in [2.45, 2.75) is 33.1 Å². The fourth-order valence-corrected chi connectivity index (χ4v) is 3.12. The second-order valence-corrected chi connectivity index (χ2v) is 4.73. The van der Waals surface area contributed by atoms with Gasteiger partial charge in [0, 0.05) is 0 Å². The van der Waals surface area contributed by atoms with Gasteiger partial charge in [-0.25, -0.2) is 0 Å². The average Bonchev–Trinajstić information content (AvgIpc) is 2.53. The van der Waals surface area contributed by atoms with Gasteiger partial charge >= 0.3 is 0 Å². The first-order valence-electron chi connectivity index (χ1n) is 4.19. The minimum atomic E-state index is 0.854. The summed E-state index contributed by atoms with van der Waals surface area (Å²) in [5, 5.41) is 0. The highest BCUT2D eigenvalue weighted by atomic mass is 14.9. The lowest BCUT2D eigenvalue weighted by molar-refractivity contribution is 0.296. The molecule has 50 valence electrons. The highest BCUT2D eigenvalue weighted by Crippen LogP contribution is 2.92. The third kappa shape index (κ3) is 0.300. The van der Waals surface area contributed by atoms with Crippen LogP contribution in [0.2, 0.25) is 0 Å². The van der Waals surface area contributed by atoms with E-state index < -0.39 is 0 Å². The third-order valence-corrected chi connectivity index (χ3v) is 4.53. The van der Waals surface area contributed by atoms with Crippen molar-refractivity contribution >= 4 is 0 Å². The second kappa shape index (κ2) is 0.889. The van der Waals surface area contributed by atoms with E-state index in [0.29, 0.717) is 0 Å². The van der Waals surface area contributed by atoms with Crippen LogP contribution in [0.3, 0.4) is 0 Å². The Labute approximate surface area is 56.6 Å². The molecule has 3 unspecified atom stereocenters. The molecule has 3 saturated carbocycles. The van der Waals surface area contributed by atoms with Crippen LogP contribution in [-0.2, 0) is 0 Å². The molecule has 0 aliphatic heterocycles. The van der Waals surface area contributed by atoms with Crippen molar-refractivity contribution in [3.05, 3.63) is 0 Å². The lowest BCUT2D eigenvalue weighted by Gasteiger charge is -2.18. The summed E-state index contributed by atoms with van der Waals surface area (Å²) in [5.41, 5.74) is 1.71. The first-order chi connectivity index (χ1) is 4.19. The van der Waals surface area contributed by atoms with Crippen LogP contribution in [0, 0.1) is 22.7 Å². The Bertz CT molecular complexity index is 176. The molecule has 0 saturated heterocycles. The summed E-state index contributed by atoms with van der Waals surface area (Å²) in [6.07, 6.45) is 4.64. The van der Waals surface area contributed by atoms with Crippen molar-refractivity contribution in [3.8, 4) is 0 Å². The van der Waals surface area contributed by atoms with Crippen LogP contribution in [-0.4, -0.2) is 0 Å². The van der Waals surface area contributed by atoms with E-state index in [1.54, 1.807) is 19.3 Å². The predicted molar refractivity (Wildman–Crippen MR) is 37.0 cm³/mol. The van der Waals surface area contributed by atoms with Crippen LogP contribution in [0.4, 0.5) is 0 Å². The maximum absolute atomic E-state index is 2.51. The number of hydrogen-bond acceptors (Lipinski definition) is 0. The molecule has 3 aliphatic carbocycles. The lowest BCUT2D eigenvalue weighted by Crippen LogP contribution is -2.12. The Morgan fingerprint density at radius 1 is 1.22 bits per heavy atom. The summed E-state index contributed by atoms with van der Waals surface area (Å²) in [5.74, 6) is 2.32. The molecule has 0 aromatic rings. The second-order valence-electron chi connectivity index (χ2n) is 4.73. The van der Waals surface area contributed by atoms with Gasteiger partial charge in [0.25, 0.3) is 0 Å². The van der Waals surface area contributed by atoms with Crippen LogP contribution in [0.1, 0.15) is 33.1 Å². The number of hydrogen-bond donors (Lipinski definition) is 0. The maximum Gasteiger partial charge on any atom is -0.0207 e. The SMILES string of the molecule is CC12CC1C2(C)C1CC1. The monoisotopic (exact) mass is 122 g/mol. The molecule has 0 spiro atoms.